The van der Waals surface area contributed by atoms with E-state index in [-0.39, 0.29) is 6.04 Å². The molecule has 2 rings (SSSR count). The van der Waals surface area contributed by atoms with Gasteiger partial charge in [0.25, 0.3) is 0 Å². The zero-order valence-corrected chi connectivity index (χ0v) is 12.9. The third-order valence-electron chi connectivity index (χ3n) is 3.18. The average Bonchev–Trinajstić information content (AvgIpc) is 2.82. The summed E-state index contributed by atoms with van der Waals surface area (Å²) < 4.78 is 1.81. The van der Waals surface area contributed by atoms with E-state index < -0.39 is 0 Å². The van der Waals surface area contributed by atoms with Crippen molar-refractivity contribution in [3.63, 3.8) is 0 Å². The lowest BCUT2D eigenvalue weighted by Gasteiger charge is -2.15. The Labute approximate surface area is 117 Å². The summed E-state index contributed by atoms with van der Waals surface area (Å²) in [5.41, 5.74) is 8.89. The zero-order chi connectivity index (χ0) is 14.2. The van der Waals surface area contributed by atoms with Crippen molar-refractivity contribution in [1.82, 2.24) is 14.8 Å². The van der Waals surface area contributed by atoms with Gasteiger partial charge in [0.1, 0.15) is 5.82 Å². The number of nitrogens with zero attached hydrogens (tertiary/aromatic N) is 3. The first kappa shape index (κ1) is 13.9. The lowest BCUT2D eigenvalue weighted by atomic mass is 10.2. The fourth-order valence-electron chi connectivity index (χ4n) is 2.25. The topological polar surface area (TPSA) is 68.8 Å². The number of aryl methyl sites for hydroxylation is 4. The van der Waals surface area contributed by atoms with Crippen molar-refractivity contribution < 1.29 is 0 Å². The van der Waals surface area contributed by atoms with E-state index in [0.717, 1.165) is 34.3 Å². The molecule has 0 aliphatic heterocycles. The maximum absolute atomic E-state index is 6.13. The minimum absolute atomic E-state index is 0.175. The van der Waals surface area contributed by atoms with Gasteiger partial charge in [-0.05, 0) is 27.2 Å². The molecule has 19 heavy (non-hydrogen) atoms. The molecule has 2 heterocycles. The molecule has 104 valence electrons. The molecule has 0 radical (unpaired) electrons. The maximum Gasteiger partial charge on any atom is 0.148 e. The van der Waals surface area contributed by atoms with Crippen molar-refractivity contribution in [2.24, 2.45) is 7.05 Å². The van der Waals surface area contributed by atoms with Crippen molar-refractivity contribution >= 4 is 22.8 Å². The predicted octanol–water partition coefficient (Wildman–Crippen LogP) is 2.81. The first-order valence-electron chi connectivity index (χ1n) is 6.45. The summed E-state index contributed by atoms with van der Waals surface area (Å²) in [5, 5.41) is 8.96. The normalized spacial score (nSPS) is 12.7. The highest BCUT2D eigenvalue weighted by atomic mass is 32.1. The monoisotopic (exact) mass is 279 g/mol. The van der Waals surface area contributed by atoms with E-state index in [4.69, 9.17) is 5.73 Å². The molecule has 0 aliphatic rings. The van der Waals surface area contributed by atoms with Crippen LogP contribution in [0.15, 0.2) is 0 Å². The number of hydrogen-bond acceptors (Lipinski definition) is 5. The summed E-state index contributed by atoms with van der Waals surface area (Å²) in [7, 11) is 1.91. The molecule has 0 fully saturated rings. The van der Waals surface area contributed by atoms with Crippen LogP contribution in [0.4, 0.5) is 11.5 Å². The Morgan fingerprint density at radius 3 is 2.58 bits per heavy atom. The van der Waals surface area contributed by atoms with Gasteiger partial charge in [-0.15, -0.1) is 11.3 Å². The van der Waals surface area contributed by atoms with E-state index in [0.29, 0.717) is 0 Å². The maximum atomic E-state index is 6.13. The quantitative estimate of drug-likeness (QED) is 0.903. The molecule has 0 aliphatic carbocycles. The molecular formula is C13H21N5S. The summed E-state index contributed by atoms with van der Waals surface area (Å²) in [6.07, 6.45) is 0.842. The Morgan fingerprint density at radius 1 is 1.42 bits per heavy atom. The fraction of sp³-hybridized carbons (Fsp3) is 0.538. The van der Waals surface area contributed by atoms with Gasteiger partial charge in [-0.1, -0.05) is 6.92 Å². The summed E-state index contributed by atoms with van der Waals surface area (Å²) in [6.45, 7) is 8.25. The van der Waals surface area contributed by atoms with Crippen LogP contribution in [-0.2, 0) is 13.5 Å². The Bertz CT molecular complexity index is 584. The second kappa shape index (κ2) is 5.21. The van der Waals surface area contributed by atoms with Crippen LogP contribution in [-0.4, -0.2) is 14.8 Å². The van der Waals surface area contributed by atoms with Gasteiger partial charge >= 0.3 is 0 Å². The van der Waals surface area contributed by atoms with Crippen LogP contribution in [0, 0.1) is 13.8 Å². The Morgan fingerprint density at radius 2 is 2.11 bits per heavy atom. The largest absolute Gasteiger partial charge is 0.394 e. The Kier molecular flexibility index (Phi) is 3.80. The minimum Gasteiger partial charge on any atom is -0.394 e. The summed E-state index contributed by atoms with van der Waals surface area (Å²) in [4.78, 5) is 5.71. The van der Waals surface area contributed by atoms with Gasteiger partial charge < -0.3 is 11.1 Å². The molecule has 0 aromatic carbocycles. The summed E-state index contributed by atoms with van der Waals surface area (Å²) in [6, 6.07) is 0.175. The second-order valence-corrected chi connectivity index (χ2v) is 5.97. The molecule has 6 heteroatoms. The van der Waals surface area contributed by atoms with Gasteiger partial charge in [-0.2, -0.15) is 5.10 Å². The van der Waals surface area contributed by atoms with Gasteiger partial charge in [0, 0.05) is 11.9 Å². The van der Waals surface area contributed by atoms with Crippen LogP contribution >= 0.6 is 11.3 Å². The van der Waals surface area contributed by atoms with E-state index >= 15 is 0 Å². The Balaban J connectivity index is 2.26. The minimum atomic E-state index is 0.175. The number of nitrogens with two attached hydrogens (primary N) is 1. The lowest BCUT2D eigenvalue weighted by molar-refractivity contribution is 0.735. The predicted molar refractivity (Wildman–Crippen MR) is 80.6 cm³/mol. The van der Waals surface area contributed by atoms with Gasteiger partial charge in [-0.25, -0.2) is 4.98 Å². The van der Waals surface area contributed by atoms with Gasteiger partial charge in [-0.3, -0.25) is 4.68 Å². The molecule has 3 N–H and O–H groups in total. The molecule has 5 nitrogen and oxygen atoms in total. The van der Waals surface area contributed by atoms with Crippen molar-refractivity contribution in [3.8, 4) is 0 Å². The summed E-state index contributed by atoms with van der Waals surface area (Å²) >= 11 is 1.72. The van der Waals surface area contributed by atoms with Crippen LogP contribution in [0.1, 0.15) is 41.2 Å². The third-order valence-corrected chi connectivity index (χ3v) is 4.44. The first-order valence-corrected chi connectivity index (χ1v) is 7.27. The number of nitrogens with one attached hydrogen (secondary N) is 1. The molecule has 1 unspecified atom stereocenters. The molecule has 0 amide bonds. The second-order valence-electron chi connectivity index (χ2n) is 4.73. The van der Waals surface area contributed by atoms with E-state index in [9.17, 15) is 0 Å². The Hall–Kier alpha value is -1.56. The van der Waals surface area contributed by atoms with Gasteiger partial charge in [0.15, 0.2) is 0 Å². The van der Waals surface area contributed by atoms with Crippen LogP contribution in [0.3, 0.4) is 0 Å². The van der Waals surface area contributed by atoms with Crippen LogP contribution in [0.25, 0.3) is 0 Å². The zero-order valence-electron chi connectivity index (χ0n) is 12.1. The standard InChI is InChI=1S/C13H21N5S/c1-6-10-11(14)13(18(5)17-10)16-8(3)12-7(2)15-9(4)19-12/h8,16H,6,14H2,1-5H3. The van der Waals surface area contributed by atoms with Crippen molar-refractivity contribution in [2.75, 3.05) is 11.1 Å². The van der Waals surface area contributed by atoms with E-state index in [2.05, 4.69) is 29.2 Å². The first-order chi connectivity index (χ1) is 8.93. The third kappa shape index (κ3) is 2.58. The highest BCUT2D eigenvalue weighted by molar-refractivity contribution is 7.11. The molecule has 0 spiro atoms. The average molecular weight is 279 g/mol. The molecule has 2 aromatic rings. The van der Waals surface area contributed by atoms with Crippen molar-refractivity contribution in [2.45, 2.75) is 40.2 Å². The number of anilines is 2. The number of aromatic nitrogens is 3. The number of rotatable bonds is 4. The lowest BCUT2D eigenvalue weighted by Crippen LogP contribution is -2.11. The molecular weight excluding hydrogens is 258 g/mol. The highest BCUT2D eigenvalue weighted by Crippen LogP contribution is 2.30. The summed E-state index contributed by atoms with van der Waals surface area (Å²) in [5.74, 6) is 0.884. The molecule has 0 saturated heterocycles. The van der Waals surface area contributed by atoms with Crippen LogP contribution in [0.2, 0.25) is 0 Å². The van der Waals surface area contributed by atoms with E-state index in [1.807, 2.05) is 25.6 Å². The van der Waals surface area contributed by atoms with E-state index in [1.54, 1.807) is 11.3 Å². The number of nitrogen functional groups attached to an aromatic ring is 1. The smallest absolute Gasteiger partial charge is 0.148 e. The molecule has 1 atom stereocenters. The molecule has 0 saturated carbocycles. The highest BCUT2D eigenvalue weighted by Gasteiger charge is 2.17. The number of hydrogen-bond donors (Lipinski definition) is 2. The SMILES string of the molecule is CCc1nn(C)c(NC(C)c2sc(C)nc2C)c1N. The van der Waals surface area contributed by atoms with Gasteiger partial charge in [0.05, 0.1) is 28.1 Å². The molecule has 2 aromatic heterocycles. The van der Waals surface area contributed by atoms with Crippen LogP contribution < -0.4 is 11.1 Å². The van der Waals surface area contributed by atoms with Crippen LogP contribution in [0.5, 0.6) is 0 Å². The van der Waals surface area contributed by atoms with Crippen molar-refractivity contribution in [3.05, 3.63) is 21.3 Å². The number of thiazole rings is 1. The van der Waals surface area contributed by atoms with Crippen molar-refractivity contribution in [1.29, 1.82) is 0 Å². The molecule has 0 bridgehead atoms. The van der Waals surface area contributed by atoms with E-state index in [1.165, 1.54) is 4.88 Å². The van der Waals surface area contributed by atoms with Gasteiger partial charge in [0.2, 0.25) is 0 Å². The fourth-order valence-corrected chi connectivity index (χ4v) is 3.18.